The van der Waals surface area contributed by atoms with E-state index in [2.05, 4.69) is 80.3 Å². The molecule has 2 atom stereocenters. The van der Waals surface area contributed by atoms with Crippen LogP contribution in [0.4, 0.5) is 5.69 Å². The van der Waals surface area contributed by atoms with Crippen molar-refractivity contribution in [3.05, 3.63) is 78.4 Å². The van der Waals surface area contributed by atoms with E-state index in [0.717, 1.165) is 5.69 Å². The highest BCUT2D eigenvalue weighted by atomic mass is 14.9. The first-order valence-electron chi connectivity index (χ1n) is 6.70. The van der Waals surface area contributed by atoms with Gasteiger partial charge in [-0.25, -0.2) is 0 Å². The number of rotatable bonds is 5. The lowest BCUT2D eigenvalue weighted by atomic mass is 9.89. The molecule has 0 bridgehead atoms. The maximum absolute atomic E-state index is 4.10. The monoisotopic (exact) mass is 251 g/mol. The molecular weight excluding hydrogens is 230 g/mol. The summed E-state index contributed by atoms with van der Waals surface area (Å²) in [6, 6.07) is 21.1. The lowest BCUT2D eigenvalue weighted by Gasteiger charge is -2.27. The lowest BCUT2D eigenvalue weighted by Crippen LogP contribution is -2.19. The Morgan fingerprint density at radius 2 is 1.47 bits per heavy atom. The maximum Gasteiger partial charge on any atom is 0.0576 e. The zero-order valence-corrected chi connectivity index (χ0v) is 11.6. The van der Waals surface area contributed by atoms with Gasteiger partial charge >= 0.3 is 0 Å². The summed E-state index contributed by atoms with van der Waals surface area (Å²) in [6.45, 7) is 8.41. The molecule has 0 aliphatic rings. The Labute approximate surface area is 116 Å². The van der Waals surface area contributed by atoms with Crippen molar-refractivity contribution in [3.8, 4) is 0 Å². The normalized spacial score (nSPS) is 13.6. The molecule has 0 spiro atoms. The molecule has 1 heteroatoms. The highest BCUT2D eigenvalue weighted by molar-refractivity contribution is 5.46. The molecule has 0 saturated carbocycles. The minimum atomic E-state index is 0.251. The summed E-state index contributed by atoms with van der Waals surface area (Å²) in [4.78, 5) is 0. The Hall–Kier alpha value is -2.02. The summed E-state index contributed by atoms with van der Waals surface area (Å²) in [6.07, 6.45) is 0. The van der Waals surface area contributed by atoms with E-state index in [0.29, 0.717) is 5.92 Å². The molecule has 98 valence electrons. The van der Waals surface area contributed by atoms with Gasteiger partial charge in [0.15, 0.2) is 0 Å². The van der Waals surface area contributed by atoms with Crippen molar-refractivity contribution in [2.24, 2.45) is 5.92 Å². The minimum Gasteiger partial charge on any atom is -0.378 e. The maximum atomic E-state index is 4.10. The predicted octanol–water partition coefficient (Wildman–Crippen LogP) is 5.05. The Morgan fingerprint density at radius 1 is 0.947 bits per heavy atom. The Balaban J connectivity index is 2.27. The first-order valence-corrected chi connectivity index (χ1v) is 6.70. The standard InChI is InChI=1S/C18H21N/c1-14(2)15(3)18(16-10-6-4-7-11-16)19-17-12-8-5-9-13-17/h4-13,15,18-19H,1H2,2-3H3. The number of nitrogens with one attached hydrogen (secondary N) is 1. The van der Waals surface area contributed by atoms with Crippen LogP contribution in [0.15, 0.2) is 72.8 Å². The third-order valence-corrected chi connectivity index (χ3v) is 3.53. The van der Waals surface area contributed by atoms with Crippen molar-refractivity contribution in [2.75, 3.05) is 5.32 Å². The van der Waals surface area contributed by atoms with Gasteiger partial charge < -0.3 is 5.32 Å². The molecule has 0 aliphatic carbocycles. The average molecular weight is 251 g/mol. The molecule has 0 fully saturated rings. The van der Waals surface area contributed by atoms with Gasteiger partial charge in [0.05, 0.1) is 6.04 Å². The molecule has 2 aromatic carbocycles. The van der Waals surface area contributed by atoms with Gasteiger partial charge in [-0.1, -0.05) is 67.6 Å². The van der Waals surface area contributed by atoms with Gasteiger partial charge in [-0.15, -0.1) is 0 Å². The van der Waals surface area contributed by atoms with E-state index in [9.17, 15) is 0 Å². The van der Waals surface area contributed by atoms with Gasteiger partial charge in [0.1, 0.15) is 0 Å². The first kappa shape index (κ1) is 13.4. The minimum absolute atomic E-state index is 0.251. The first-order chi connectivity index (χ1) is 9.18. The number of anilines is 1. The second-order valence-corrected chi connectivity index (χ2v) is 5.03. The molecule has 0 heterocycles. The molecule has 0 aliphatic heterocycles. The van der Waals surface area contributed by atoms with Crippen molar-refractivity contribution in [2.45, 2.75) is 19.9 Å². The van der Waals surface area contributed by atoms with E-state index in [1.165, 1.54) is 11.1 Å². The van der Waals surface area contributed by atoms with Gasteiger partial charge in [-0.05, 0) is 24.6 Å². The molecule has 1 N–H and O–H groups in total. The van der Waals surface area contributed by atoms with Crippen LogP contribution in [0.1, 0.15) is 25.5 Å². The van der Waals surface area contributed by atoms with E-state index >= 15 is 0 Å². The van der Waals surface area contributed by atoms with Crippen molar-refractivity contribution >= 4 is 5.69 Å². The molecule has 19 heavy (non-hydrogen) atoms. The third-order valence-electron chi connectivity index (χ3n) is 3.53. The van der Waals surface area contributed by atoms with E-state index in [-0.39, 0.29) is 6.04 Å². The van der Waals surface area contributed by atoms with Crippen molar-refractivity contribution in [1.82, 2.24) is 0 Å². The Morgan fingerprint density at radius 3 is 2.00 bits per heavy atom. The summed E-state index contributed by atoms with van der Waals surface area (Å²) in [5.41, 5.74) is 3.63. The average Bonchev–Trinajstić information content (AvgIpc) is 2.46. The fourth-order valence-electron chi connectivity index (χ4n) is 2.16. The predicted molar refractivity (Wildman–Crippen MR) is 83.2 cm³/mol. The molecule has 2 unspecified atom stereocenters. The summed E-state index contributed by atoms with van der Waals surface area (Å²) < 4.78 is 0. The molecular formula is C18H21N. The fourth-order valence-corrected chi connectivity index (χ4v) is 2.16. The molecule has 0 radical (unpaired) electrons. The van der Waals surface area contributed by atoms with Crippen LogP contribution in [0.25, 0.3) is 0 Å². The Kier molecular flexibility index (Phi) is 4.40. The third kappa shape index (κ3) is 3.47. The zero-order chi connectivity index (χ0) is 13.7. The molecule has 0 amide bonds. The number of para-hydroxylation sites is 1. The smallest absolute Gasteiger partial charge is 0.0576 e. The fraction of sp³-hybridized carbons (Fsp3) is 0.222. The quantitative estimate of drug-likeness (QED) is 0.733. The summed E-state index contributed by atoms with van der Waals surface area (Å²) >= 11 is 0. The van der Waals surface area contributed by atoms with Crippen molar-refractivity contribution in [3.63, 3.8) is 0 Å². The number of hydrogen-bond acceptors (Lipinski definition) is 1. The summed E-state index contributed by atoms with van der Waals surface area (Å²) in [7, 11) is 0. The van der Waals surface area contributed by atoms with Gasteiger partial charge in [-0.3, -0.25) is 0 Å². The van der Waals surface area contributed by atoms with Crippen LogP contribution in [0.5, 0.6) is 0 Å². The summed E-state index contributed by atoms with van der Waals surface area (Å²) in [5, 5.41) is 3.62. The molecule has 1 nitrogen and oxygen atoms in total. The largest absolute Gasteiger partial charge is 0.378 e. The molecule has 2 rings (SSSR count). The summed E-state index contributed by atoms with van der Waals surface area (Å²) in [5.74, 6) is 0.377. The van der Waals surface area contributed by atoms with E-state index in [4.69, 9.17) is 0 Å². The van der Waals surface area contributed by atoms with Gasteiger partial charge in [0.25, 0.3) is 0 Å². The van der Waals surface area contributed by atoms with Gasteiger partial charge in [0, 0.05) is 11.6 Å². The van der Waals surface area contributed by atoms with Crippen LogP contribution < -0.4 is 5.32 Å². The zero-order valence-electron chi connectivity index (χ0n) is 11.6. The molecule has 0 aromatic heterocycles. The second kappa shape index (κ2) is 6.24. The van der Waals surface area contributed by atoms with E-state index in [1.54, 1.807) is 0 Å². The highest BCUT2D eigenvalue weighted by Crippen LogP contribution is 2.30. The van der Waals surface area contributed by atoms with Gasteiger partial charge in [0.2, 0.25) is 0 Å². The molecule has 0 saturated heterocycles. The Bertz CT molecular complexity index is 516. The van der Waals surface area contributed by atoms with Crippen LogP contribution in [0.2, 0.25) is 0 Å². The van der Waals surface area contributed by atoms with Crippen molar-refractivity contribution in [1.29, 1.82) is 0 Å². The number of benzene rings is 2. The number of hydrogen-bond donors (Lipinski definition) is 1. The van der Waals surface area contributed by atoms with Crippen molar-refractivity contribution < 1.29 is 0 Å². The van der Waals surface area contributed by atoms with Gasteiger partial charge in [-0.2, -0.15) is 0 Å². The van der Waals surface area contributed by atoms with E-state index in [1.807, 2.05) is 6.07 Å². The molecule has 2 aromatic rings. The van der Waals surface area contributed by atoms with Crippen LogP contribution >= 0.6 is 0 Å². The van der Waals surface area contributed by atoms with Crippen LogP contribution in [-0.2, 0) is 0 Å². The van der Waals surface area contributed by atoms with E-state index < -0.39 is 0 Å². The SMILES string of the molecule is C=C(C)C(C)C(Nc1ccccc1)c1ccccc1. The van der Waals surface area contributed by atoms with Crippen LogP contribution in [0, 0.1) is 5.92 Å². The topological polar surface area (TPSA) is 12.0 Å². The second-order valence-electron chi connectivity index (χ2n) is 5.03. The van der Waals surface area contributed by atoms with Crippen LogP contribution in [0.3, 0.4) is 0 Å². The van der Waals surface area contributed by atoms with Crippen LogP contribution in [-0.4, -0.2) is 0 Å². The lowest BCUT2D eigenvalue weighted by molar-refractivity contribution is 0.574. The highest BCUT2D eigenvalue weighted by Gasteiger charge is 2.19.